The molecule has 0 heterocycles. The molecule has 2 aromatic carbocycles. The van der Waals surface area contributed by atoms with E-state index < -0.39 is 6.04 Å². The number of thioether (sulfide) groups is 1. The van der Waals surface area contributed by atoms with Gasteiger partial charge in [-0.25, -0.2) is 0 Å². The molecular formula is C15H16NPS2. The highest BCUT2D eigenvalue weighted by molar-refractivity contribution is 8.43. The summed E-state index contributed by atoms with van der Waals surface area (Å²) in [7, 11) is 1.83. The van der Waals surface area contributed by atoms with Gasteiger partial charge in [-0.15, -0.1) is 11.8 Å². The van der Waals surface area contributed by atoms with Crippen LogP contribution >= 0.6 is 17.8 Å². The van der Waals surface area contributed by atoms with Gasteiger partial charge in [0, 0.05) is 7.05 Å². The first-order chi connectivity index (χ1) is 9.23. The van der Waals surface area contributed by atoms with E-state index in [-0.39, 0.29) is 0 Å². The minimum Gasteiger partial charge on any atom is -0.280 e. The van der Waals surface area contributed by atoms with Crippen LogP contribution in [0.2, 0.25) is 0 Å². The molecule has 0 spiro atoms. The van der Waals surface area contributed by atoms with Gasteiger partial charge in [0.05, 0.1) is 6.04 Å². The van der Waals surface area contributed by atoms with E-state index in [1.54, 1.807) is 11.8 Å². The molecule has 0 aliphatic rings. The van der Waals surface area contributed by atoms with E-state index in [1.165, 1.54) is 10.6 Å². The van der Waals surface area contributed by atoms with Crippen molar-refractivity contribution in [3.05, 3.63) is 60.7 Å². The summed E-state index contributed by atoms with van der Waals surface area (Å²) in [6, 6.07) is 18.7. The molecule has 19 heavy (non-hydrogen) atoms. The van der Waals surface area contributed by atoms with Crippen LogP contribution in [-0.2, 0) is 11.8 Å². The molecule has 0 aliphatic heterocycles. The molecule has 0 radical (unpaired) electrons. The van der Waals surface area contributed by atoms with Gasteiger partial charge in [0.1, 0.15) is 4.78 Å². The van der Waals surface area contributed by atoms with Gasteiger partial charge in [0.25, 0.3) is 0 Å². The fraction of sp³-hybridized carbons (Fsp3) is 0.133. The molecular weight excluding hydrogens is 289 g/mol. The van der Waals surface area contributed by atoms with E-state index in [2.05, 4.69) is 35.5 Å². The molecule has 2 aromatic rings. The largest absolute Gasteiger partial charge is 0.280 e. The maximum absolute atomic E-state index is 6.11. The third kappa shape index (κ3) is 2.84. The van der Waals surface area contributed by atoms with Crippen LogP contribution in [0.15, 0.2) is 65.7 Å². The molecule has 0 atom stereocenters. The summed E-state index contributed by atoms with van der Waals surface area (Å²) >= 11 is 7.78. The molecule has 0 amide bonds. The van der Waals surface area contributed by atoms with Gasteiger partial charge < -0.3 is 0 Å². The number of benzene rings is 2. The van der Waals surface area contributed by atoms with Gasteiger partial charge in [-0.2, -0.15) is 0 Å². The highest BCUT2D eigenvalue weighted by Gasteiger charge is 2.27. The average molecular weight is 305 g/mol. The summed E-state index contributed by atoms with van der Waals surface area (Å²) in [5.41, 5.74) is 0. The van der Waals surface area contributed by atoms with Gasteiger partial charge in [-0.1, -0.05) is 72.5 Å². The lowest BCUT2D eigenvalue weighted by Crippen LogP contribution is -2.20. The molecule has 0 fully saturated rings. The number of nitrogens with zero attached hydrogens (tertiary/aromatic N) is 1. The van der Waals surface area contributed by atoms with Crippen molar-refractivity contribution >= 4 is 45.0 Å². The first-order valence-electron chi connectivity index (χ1n) is 5.96. The fourth-order valence-electron chi connectivity index (χ4n) is 2.01. The third-order valence-corrected chi connectivity index (χ3v) is 9.72. The lowest BCUT2D eigenvalue weighted by molar-refractivity contribution is 1.48. The molecule has 0 aliphatic carbocycles. The van der Waals surface area contributed by atoms with Gasteiger partial charge in [-0.05, 0) is 16.9 Å². The molecule has 0 saturated heterocycles. The lowest BCUT2D eigenvalue weighted by Gasteiger charge is -2.23. The maximum Gasteiger partial charge on any atom is 0.108 e. The van der Waals surface area contributed by atoms with Crippen LogP contribution in [0.5, 0.6) is 0 Å². The second-order valence-corrected chi connectivity index (χ2v) is 9.41. The Balaban J connectivity index is 2.68. The topological polar surface area (TPSA) is 12.4 Å². The summed E-state index contributed by atoms with van der Waals surface area (Å²) in [4.78, 5) is 5.51. The molecule has 0 aromatic heterocycles. The first-order valence-corrected chi connectivity index (χ1v) is 9.98. The Hall–Kier alpha value is -0.890. The molecule has 0 bridgehead atoms. The summed E-state index contributed by atoms with van der Waals surface area (Å²) in [5, 5.41) is 2.40. The molecule has 4 heteroatoms. The van der Waals surface area contributed by atoms with Crippen molar-refractivity contribution in [3.8, 4) is 0 Å². The summed E-state index contributed by atoms with van der Waals surface area (Å²) < 4.78 is 0. The minimum absolute atomic E-state index is 1.06. The zero-order valence-corrected chi connectivity index (χ0v) is 13.5. The van der Waals surface area contributed by atoms with E-state index in [9.17, 15) is 0 Å². The predicted molar refractivity (Wildman–Crippen MR) is 93.3 cm³/mol. The summed E-state index contributed by atoms with van der Waals surface area (Å²) in [5.74, 6) is 0. The van der Waals surface area contributed by atoms with E-state index >= 15 is 0 Å². The number of aliphatic imine (C=N–C) groups is 1. The Kier molecular flexibility index (Phi) is 4.98. The monoisotopic (exact) mass is 305 g/mol. The van der Waals surface area contributed by atoms with E-state index in [4.69, 9.17) is 11.8 Å². The van der Waals surface area contributed by atoms with Crippen LogP contribution in [0.1, 0.15) is 0 Å². The van der Waals surface area contributed by atoms with Crippen molar-refractivity contribution in [2.24, 2.45) is 4.99 Å². The first kappa shape index (κ1) is 14.5. The Labute approximate surface area is 124 Å². The summed E-state index contributed by atoms with van der Waals surface area (Å²) in [6.07, 6.45) is 2.05. The van der Waals surface area contributed by atoms with Crippen LogP contribution in [0, 0.1) is 0 Å². The highest BCUT2D eigenvalue weighted by atomic mass is 32.4. The molecule has 0 saturated carbocycles. The van der Waals surface area contributed by atoms with E-state index in [0.717, 1.165) is 4.78 Å². The van der Waals surface area contributed by atoms with E-state index in [1.807, 2.05) is 43.4 Å². The van der Waals surface area contributed by atoms with Crippen molar-refractivity contribution in [1.82, 2.24) is 0 Å². The van der Waals surface area contributed by atoms with Crippen LogP contribution in [0.3, 0.4) is 0 Å². The van der Waals surface area contributed by atoms with Crippen molar-refractivity contribution in [3.63, 3.8) is 0 Å². The van der Waals surface area contributed by atoms with Crippen LogP contribution < -0.4 is 10.6 Å². The zero-order valence-electron chi connectivity index (χ0n) is 11.0. The molecule has 98 valence electrons. The van der Waals surface area contributed by atoms with Crippen molar-refractivity contribution in [2.45, 2.75) is 0 Å². The normalized spacial score (nSPS) is 12.4. The zero-order chi connectivity index (χ0) is 13.7. The van der Waals surface area contributed by atoms with E-state index in [0.29, 0.717) is 0 Å². The molecule has 0 N–H and O–H groups in total. The van der Waals surface area contributed by atoms with Crippen LogP contribution in [-0.4, -0.2) is 18.1 Å². The Bertz CT molecular complexity index is 565. The number of hydrogen-bond acceptors (Lipinski definition) is 3. The summed E-state index contributed by atoms with van der Waals surface area (Å²) in [6.45, 7) is 0. The smallest absolute Gasteiger partial charge is 0.108 e. The average Bonchev–Trinajstić information content (AvgIpc) is 2.50. The van der Waals surface area contributed by atoms with Crippen LogP contribution in [0.25, 0.3) is 0 Å². The molecule has 2 rings (SSSR count). The second-order valence-electron chi connectivity index (χ2n) is 3.99. The molecule has 1 nitrogen and oxygen atoms in total. The Morgan fingerprint density at radius 2 is 1.37 bits per heavy atom. The van der Waals surface area contributed by atoms with Gasteiger partial charge in [0.2, 0.25) is 0 Å². The quantitative estimate of drug-likeness (QED) is 0.489. The number of rotatable bonds is 3. The second kappa shape index (κ2) is 6.51. The Morgan fingerprint density at radius 3 is 1.68 bits per heavy atom. The van der Waals surface area contributed by atoms with Crippen molar-refractivity contribution in [1.29, 1.82) is 0 Å². The maximum atomic E-state index is 6.11. The van der Waals surface area contributed by atoms with Gasteiger partial charge >= 0.3 is 0 Å². The standard InChI is InChI=1S/C15H16NPS2/c1-16-15(19-2)17(18,13-9-5-3-6-10-13)14-11-7-4-8-12-14/h3-12H,1-2H3. The van der Waals surface area contributed by atoms with Crippen molar-refractivity contribution in [2.75, 3.05) is 13.3 Å². The van der Waals surface area contributed by atoms with Gasteiger partial charge in [-0.3, -0.25) is 4.99 Å². The Morgan fingerprint density at radius 1 is 0.947 bits per heavy atom. The van der Waals surface area contributed by atoms with Crippen LogP contribution in [0.4, 0.5) is 0 Å². The predicted octanol–water partition coefficient (Wildman–Crippen LogP) is 3.47. The molecule has 0 unspecified atom stereocenters. The lowest BCUT2D eigenvalue weighted by atomic mass is 10.4. The van der Waals surface area contributed by atoms with Gasteiger partial charge in [0.15, 0.2) is 0 Å². The number of hydrogen-bond donors (Lipinski definition) is 0. The fourth-order valence-corrected chi connectivity index (χ4v) is 7.70. The minimum atomic E-state index is -1.99. The highest BCUT2D eigenvalue weighted by Crippen LogP contribution is 2.48. The SMILES string of the molecule is CN=C(SC)P(=S)(c1ccccc1)c1ccccc1. The third-order valence-electron chi connectivity index (χ3n) is 2.88. The van der Waals surface area contributed by atoms with Crippen molar-refractivity contribution < 1.29 is 0 Å².